The van der Waals surface area contributed by atoms with Crippen molar-refractivity contribution in [2.45, 2.75) is 58.6 Å². The van der Waals surface area contributed by atoms with Crippen LogP contribution in [0.15, 0.2) is 30.3 Å². The number of hydrogen-bond donors (Lipinski definition) is 3. The Bertz CT molecular complexity index is 710. The Morgan fingerprint density at radius 3 is 2.39 bits per heavy atom. The number of nitrogens with two attached hydrogens (primary N) is 1. The lowest BCUT2D eigenvalue weighted by Crippen LogP contribution is -2.48. The van der Waals surface area contributed by atoms with Gasteiger partial charge >= 0.3 is 12.1 Å². The summed E-state index contributed by atoms with van der Waals surface area (Å²) in [5.74, 6) is -1.91. The van der Waals surface area contributed by atoms with Gasteiger partial charge < -0.3 is 25.8 Å². The highest BCUT2D eigenvalue weighted by molar-refractivity contribution is 5.87. The molecule has 0 aliphatic carbocycles. The van der Waals surface area contributed by atoms with Crippen LogP contribution >= 0.6 is 0 Å². The minimum absolute atomic E-state index is 0.00618. The van der Waals surface area contributed by atoms with Gasteiger partial charge in [-0.05, 0) is 31.2 Å². The van der Waals surface area contributed by atoms with Gasteiger partial charge in [-0.3, -0.25) is 14.4 Å². The smallest absolute Gasteiger partial charge is 0.407 e. The van der Waals surface area contributed by atoms with Crippen LogP contribution in [-0.4, -0.2) is 43.1 Å². The Kier molecular flexibility index (Phi) is 12.4. The summed E-state index contributed by atoms with van der Waals surface area (Å²) in [6.07, 6.45) is 1.71. The molecule has 0 saturated carbocycles. The van der Waals surface area contributed by atoms with Gasteiger partial charge in [-0.2, -0.15) is 0 Å². The molecule has 0 aromatic heterocycles. The first kappa shape index (κ1) is 25.9. The molecule has 1 aromatic carbocycles. The van der Waals surface area contributed by atoms with Gasteiger partial charge in [0, 0.05) is 13.0 Å². The van der Waals surface area contributed by atoms with Gasteiger partial charge in [-0.25, -0.2) is 4.79 Å². The van der Waals surface area contributed by atoms with Gasteiger partial charge in [0.15, 0.2) is 0 Å². The Morgan fingerprint density at radius 1 is 1.03 bits per heavy atom. The molecule has 0 fully saturated rings. The van der Waals surface area contributed by atoms with Crippen LogP contribution in [0.5, 0.6) is 0 Å². The van der Waals surface area contributed by atoms with E-state index in [1.54, 1.807) is 13.8 Å². The zero-order valence-electron chi connectivity index (χ0n) is 18.2. The second-order valence-corrected chi connectivity index (χ2v) is 7.23. The van der Waals surface area contributed by atoms with Crippen molar-refractivity contribution in [2.75, 3.05) is 13.2 Å². The number of amides is 3. The predicted molar refractivity (Wildman–Crippen MR) is 115 cm³/mol. The van der Waals surface area contributed by atoms with Crippen LogP contribution in [-0.2, 0) is 30.5 Å². The first-order valence-corrected chi connectivity index (χ1v) is 10.5. The number of alkyl carbamates (subject to hydrolysis) is 1. The Morgan fingerprint density at radius 2 is 1.74 bits per heavy atom. The lowest BCUT2D eigenvalue weighted by atomic mass is 9.97. The van der Waals surface area contributed by atoms with Crippen LogP contribution in [0.3, 0.4) is 0 Å². The first-order valence-electron chi connectivity index (χ1n) is 10.5. The maximum Gasteiger partial charge on any atom is 0.407 e. The number of carbonyl (C=O) groups is 4. The molecule has 0 saturated heterocycles. The minimum Gasteiger partial charge on any atom is -0.466 e. The fourth-order valence-electron chi connectivity index (χ4n) is 2.89. The molecule has 172 valence electrons. The summed E-state index contributed by atoms with van der Waals surface area (Å²) in [6, 6.07) is 8.45. The molecule has 9 nitrogen and oxygen atoms in total. The van der Waals surface area contributed by atoms with Gasteiger partial charge in [0.2, 0.25) is 11.8 Å². The third-order valence-corrected chi connectivity index (χ3v) is 4.55. The fraction of sp³-hybridized carbons (Fsp3) is 0.545. The van der Waals surface area contributed by atoms with E-state index in [0.717, 1.165) is 5.56 Å². The summed E-state index contributed by atoms with van der Waals surface area (Å²) in [5.41, 5.74) is 6.27. The summed E-state index contributed by atoms with van der Waals surface area (Å²) in [4.78, 5) is 47.0. The molecular formula is C22H33N3O6. The summed E-state index contributed by atoms with van der Waals surface area (Å²) in [5, 5.41) is 5.26. The molecule has 0 aliphatic rings. The molecule has 3 amide bonds. The fourth-order valence-corrected chi connectivity index (χ4v) is 2.89. The highest BCUT2D eigenvalue weighted by atomic mass is 16.5. The summed E-state index contributed by atoms with van der Waals surface area (Å²) in [6.45, 7) is 4.26. The van der Waals surface area contributed by atoms with Crippen molar-refractivity contribution in [3.8, 4) is 0 Å². The van der Waals surface area contributed by atoms with E-state index in [-0.39, 0.29) is 32.0 Å². The van der Waals surface area contributed by atoms with Gasteiger partial charge in [0.1, 0.15) is 12.6 Å². The van der Waals surface area contributed by atoms with E-state index in [2.05, 4.69) is 10.6 Å². The SMILES string of the molecule is CCOC(=O)C[C@H](C)[C@H](NC(=O)CCCCCNC(=O)OCc1ccccc1)C(N)=O. The third-order valence-electron chi connectivity index (χ3n) is 4.55. The first-order chi connectivity index (χ1) is 14.8. The number of rotatable bonds is 14. The van der Waals surface area contributed by atoms with Crippen molar-refractivity contribution in [3.63, 3.8) is 0 Å². The Labute approximate surface area is 183 Å². The third kappa shape index (κ3) is 11.6. The van der Waals surface area contributed by atoms with Gasteiger partial charge in [0.25, 0.3) is 0 Å². The average Bonchev–Trinajstić information content (AvgIpc) is 2.73. The number of carbonyl (C=O) groups excluding carboxylic acids is 4. The van der Waals surface area contributed by atoms with E-state index in [4.69, 9.17) is 15.2 Å². The zero-order valence-corrected chi connectivity index (χ0v) is 18.2. The van der Waals surface area contributed by atoms with Crippen LogP contribution in [0, 0.1) is 5.92 Å². The predicted octanol–water partition coefficient (Wildman–Crippen LogP) is 2.03. The highest BCUT2D eigenvalue weighted by Gasteiger charge is 2.26. The standard InChI is InChI=1S/C22H33N3O6/c1-3-30-19(27)14-16(2)20(21(23)28)25-18(26)12-8-5-9-13-24-22(29)31-15-17-10-6-4-7-11-17/h4,6-7,10-11,16,20H,3,5,8-9,12-15H2,1-2H3,(H2,23,28)(H,24,29)(H,25,26)/t16-,20-/m0/s1. The van der Waals surface area contributed by atoms with E-state index >= 15 is 0 Å². The number of nitrogens with one attached hydrogen (secondary N) is 2. The number of unbranched alkanes of at least 4 members (excludes halogenated alkanes) is 2. The van der Waals surface area contributed by atoms with Crippen molar-refractivity contribution in [2.24, 2.45) is 11.7 Å². The number of esters is 1. The van der Waals surface area contributed by atoms with E-state index in [1.807, 2.05) is 30.3 Å². The number of benzene rings is 1. The van der Waals surface area contributed by atoms with Crippen molar-refractivity contribution >= 4 is 23.9 Å². The van der Waals surface area contributed by atoms with Crippen molar-refractivity contribution in [3.05, 3.63) is 35.9 Å². The lowest BCUT2D eigenvalue weighted by molar-refractivity contribution is -0.144. The average molecular weight is 436 g/mol. The molecule has 2 atom stereocenters. The molecule has 1 rings (SSSR count). The van der Waals surface area contributed by atoms with E-state index < -0.39 is 29.9 Å². The quantitative estimate of drug-likeness (QED) is 0.302. The summed E-state index contributed by atoms with van der Waals surface area (Å²) < 4.78 is 9.97. The molecule has 1 aromatic rings. The summed E-state index contributed by atoms with van der Waals surface area (Å²) in [7, 11) is 0. The number of primary amides is 1. The monoisotopic (exact) mass is 435 g/mol. The van der Waals surface area contributed by atoms with E-state index in [9.17, 15) is 19.2 Å². The van der Waals surface area contributed by atoms with E-state index in [1.165, 1.54) is 0 Å². The molecule has 0 bridgehead atoms. The largest absolute Gasteiger partial charge is 0.466 e. The molecule has 0 radical (unpaired) electrons. The minimum atomic E-state index is -0.932. The maximum absolute atomic E-state index is 12.1. The molecule has 0 spiro atoms. The summed E-state index contributed by atoms with van der Waals surface area (Å²) >= 11 is 0. The molecule has 4 N–H and O–H groups in total. The van der Waals surface area contributed by atoms with Gasteiger partial charge in [-0.1, -0.05) is 43.7 Å². The lowest BCUT2D eigenvalue weighted by Gasteiger charge is -2.21. The van der Waals surface area contributed by atoms with Gasteiger partial charge in [0.05, 0.1) is 13.0 Å². The normalized spacial score (nSPS) is 12.3. The zero-order chi connectivity index (χ0) is 23.1. The second-order valence-electron chi connectivity index (χ2n) is 7.23. The number of ether oxygens (including phenoxy) is 2. The molecule has 9 heteroatoms. The van der Waals surface area contributed by atoms with Crippen LogP contribution in [0.2, 0.25) is 0 Å². The highest BCUT2D eigenvalue weighted by Crippen LogP contribution is 2.10. The van der Waals surface area contributed by atoms with Crippen LogP contribution in [0.1, 0.15) is 51.5 Å². The van der Waals surface area contributed by atoms with Gasteiger partial charge in [-0.15, -0.1) is 0 Å². The van der Waals surface area contributed by atoms with E-state index in [0.29, 0.717) is 25.8 Å². The van der Waals surface area contributed by atoms with Crippen LogP contribution in [0.4, 0.5) is 4.79 Å². The maximum atomic E-state index is 12.1. The topological polar surface area (TPSA) is 137 Å². The van der Waals surface area contributed by atoms with Crippen LogP contribution < -0.4 is 16.4 Å². The van der Waals surface area contributed by atoms with Crippen molar-refractivity contribution < 1.29 is 28.7 Å². The Hall–Kier alpha value is -3.10. The van der Waals surface area contributed by atoms with Crippen molar-refractivity contribution in [1.82, 2.24) is 10.6 Å². The molecule has 31 heavy (non-hydrogen) atoms. The van der Waals surface area contributed by atoms with Crippen molar-refractivity contribution in [1.29, 1.82) is 0 Å². The molecular weight excluding hydrogens is 402 g/mol. The molecule has 0 heterocycles. The number of hydrogen-bond acceptors (Lipinski definition) is 6. The Balaban J connectivity index is 2.18. The molecule has 0 aliphatic heterocycles. The molecule has 0 unspecified atom stereocenters. The second kappa shape index (κ2) is 14.8. The van der Waals surface area contributed by atoms with Crippen LogP contribution in [0.25, 0.3) is 0 Å².